The minimum absolute atomic E-state index is 0.0214. The van der Waals surface area contributed by atoms with Gasteiger partial charge in [0.15, 0.2) is 0 Å². The zero-order valence-corrected chi connectivity index (χ0v) is 13.8. The van der Waals surface area contributed by atoms with E-state index in [4.69, 9.17) is 13.1 Å². The third-order valence-electron chi connectivity index (χ3n) is 3.30. The molecule has 22 heavy (non-hydrogen) atoms. The molecular weight excluding hydrogens is 303 g/mol. The highest BCUT2D eigenvalue weighted by atomic mass is 32.2. The predicted molar refractivity (Wildman–Crippen MR) is 84.2 cm³/mol. The standard InChI is InChI=1S/C14H21BN2O4S/c1-10(2)13(14(18)16-19)17(9-8-15)22(20,21)12-6-4-11(3)5-7-12/h4-7,10,13,19H,8-9H2,1-3H3,(H,16,18). The van der Waals surface area contributed by atoms with Gasteiger partial charge in [0, 0.05) is 6.54 Å². The highest BCUT2D eigenvalue weighted by molar-refractivity contribution is 7.89. The first kappa shape index (κ1) is 18.7. The SMILES string of the molecule is [B]CCN(C(C(=O)NO)C(C)C)S(=O)(=O)c1ccc(C)cc1. The van der Waals surface area contributed by atoms with Crippen LogP contribution in [0.5, 0.6) is 0 Å². The summed E-state index contributed by atoms with van der Waals surface area (Å²) in [4.78, 5) is 12.0. The van der Waals surface area contributed by atoms with Crippen molar-refractivity contribution < 1.29 is 18.4 Å². The van der Waals surface area contributed by atoms with Crippen LogP contribution < -0.4 is 5.48 Å². The largest absolute Gasteiger partial charge is 0.289 e. The molecule has 1 aromatic carbocycles. The van der Waals surface area contributed by atoms with Crippen LogP contribution in [0, 0.1) is 12.8 Å². The average molecular weight is 324 g/mol. The number of hydrogen-bond acceptors (Lipinski definition) is 4. The molecule has 120 valence electrons. The molecule has 8 heteroatoms. The molecule has 0 aliphatic carbocycles. The lowest BCUT2D eigenvalue weighted by molar-refractivity contribution is -0.134. The van der Waals surface area contributed by atoms with Crippen molar-refractivity contribution in [2.75, 3.05) is 6.54 Å². The first-order valence-corrected chi connectivity index (χ1v) is 8.42. The van der Waals surface area contributed by atoms with E-state index in [0.29, 0.717) is 0 Å². The number of aryl methyl sites for hydroxylation is 1. The number of sulfonamides is 1. The zero-order chi connectivity index (χ0) is 16.9. The Morgan fingerprint density at radius 3 is 2.27 bits per heavy atom. The van der Waals surface area contributed by atoms with Crippen LogP contribution in [-0.4, -0.2) is 44.3 Å². The van der Waals surface area contributed by atoms with Crippen LogP contribution in [0.15, 0.2) is 29.2 Å². The average Bonchev–Trinajstić information content (AvgIpc) is 2.46. The second-order valence-corrected chi connectivity index (χ2v) is 7.27. The topological polar surface area (TPSA) is 86.7 Å². The fourth-order valence-corrected chi connectivity index (χ4v) is 3.95. The van der Waals surface area contributed by atoms with E-state index in [-0.39, 0.29) is 23.7 Å². The lowest BCUT2D eigenvalue weighted by Gasteiger charge is -2.31. The fraction of sp³-hybridized carbons (Fsp3) is 0.500. The highest BCUT2D eigenvalue weighted by Crippen LogP contribution is 2.23. The molecule has 1 rings (SSSR count). The van der Waals surface area contributed by atoms with E-state index in [1.54, 1.807) is 26.0 Å². The van der Waals surface area contributed by atoms with E-state index in [1.807, 2.05) is 6.92 Å². The Morgan fingerprint density at radius 1 is 1.32 bits per heavy atom. The number of amides is 1. The molecule has 0 aliphatic heterocycles. The minimum Gasteiger partial charge on any atom is -0.289 e. The van der Waals surface area contributed by atoms with Crippen molar-refractivity contribution >= 4 is 23.8 Å². The van der Waals surface area contributed by atoms with Crippen LogP contribution in [0.25, 0.3) is 0 Å². The Balaban J connectivity index is 3.33. The minimum atomic E-state index is -3.90. The van der Waals surface area contributed by atoms with Crippen molar-refractivity contribution in [1.29, 1.82) is 0 Å². The highest BCUT2D eigenvalue weighted by Gasteiger charge is 2.37. The van der Waals surface area contributed by atoms with Crippen molar-refractivity contribution in [3.63, 3.8) is 0 Å². The van der Waals surface area contributed by atoms with Gasteiger partial charge in [0.05, 0.1) is 12.7 Å². The van der Waals surface area contributed by atoms with Gasteiger partial charge in [-0.3, -0.25) is 10.0 Å². The van der Waals surface area contributed by atoms with E-state index in [1.165, 1.54) is 17.6 Å². The van der Waals surface area contributed by atoms with Gasteiger partial charge >= 0.3 is 0 Å². The van der Waals surface area contributed by atoms with E-state index in [2.05, 4.69) is 0 Å². The molecule has 2 N–H and O–H groups in total. The quantitative estimate of drug-likeness (QED) is 0.447. The number of benzene rings is 1. The van der Waals surface area contributed by atoms with Crippen molar-refractivity contribution in [2.24, 2.45) is 5.92 Å². The molecule has 2 radical (unpaired) electrons. The number of nitrogens with zero attached hydrogens (tertiary/aromatic N) is 1. The first-order chi connectivity index (χ1) is 10.3. The molecule has 1 amide bonds. The first-order valence-electron chi connectivity index (χ1n) is 6.98. The second kappa shape index (κ2) is 7.76. The third-order valence-corrected chi connectivity index (χ3v) is 5.19. The van der Waals surface area contributed by atoms with E-state index >= 15 is 0 Å². The van der Waals surface area contributed by atoms with Crippen LogP contribution in [0.3, 0.4) is 0 Å². The van der Waals surface area contributed by atoms with Crippen LogP contribution in [-0.2, 0) is 14.8 Å². The van der Waals surface area contributed by atoms with Gasteiger partial charge in [0.1, 0.15) is 6.04 Å². The van der Waals surface area contributed by atoms with Crippen LogP contribution in [0.4, 0.5) is 0 Å². The summed E-state index contributed by atoms with van der Waals surface area (Å²) in [6, 6.07) is 5.30. The van der Waals surface area contributed by atoms with E-state index in [9.17, 15) is 13.2 Å². The number of rotatable bonds is 7. The normalized spacial score (nSPS) is 13.4. The maximum absolute atomic E-state index is 12.8. The van der Waals surface area contributed by atoms with Gasteiger partial charge < -0.3 is 0 Å². The Kier molecular flexibility index (Phi) is 6.58. The van der Waals surface area contributed by atoms with Gasteiger partial charge in [0.25, 0.3) is 5.91 Å². The number of nitrogens with one attached hydrogen (secondary N) is 1. The summed E-state index contributed by atoms with van der Waals surface area (Å²) in [5, 5.41) is 8.89. The van der Waals surface area contributed by atoms with Crippen molar-refractivity contribution in [3.05, 3.63) is 29.8 Å². The Morgan fingerprint density at radius 2 is 1.86 bits per heavy atom. The second-order valence-electron chi connectivity index (χ2n) is 5.38. The molecule has 1 unspecified atom stereocenters. The lowest BCUT2D eigenvalue weighted by atomic mass is 10.0. The summed E-state index contributed by atoms with van der Waals surface area (Å²) in [7, 11) is 1.61. The molecule has 1 atom stereocenters. The fourth-order valence-electron chi connectivity index (χ4n) is 2.21. The molecule has 0 aliphatic rings. The maximum atomic E-state index is 12.8. The van der Waals surface area contributed by atoms with Crippen LogP contribution >= 0.6 is 0 Å². The van der Waals surface area contributed by atoms with Crippen molar-refractivity contribution in [3.8, 4) is 0 Å². The Bertz CT molecular complexity index is 602. The number of hydroxylamine groups is 1. The molecule has 0 aromatic heterocycles. The summed E-state index contributed by atoms with van der Waals surface area (Å²) in [5.74, 6) is -1.11. The van der Waals surface area contributed by atoms with Crippen molar-refractivity contribution in [1.82, 2.24) is 9.79 Å². The number of carbonyl (C=O) groups excluding carboxylic acids is 1. The van der Waals surface area contributed by atoms with Gasteiger partial charge in [-0.15, -0.1) is 0 Å². The maximum Gasteiger partial charge on any atom is 0.262 e. The molecule has 0 saturated carbocycles. The molecule has 0 fully saturated rings. The number of hydrogen-bond donors (Lipinski definition) is 2. The molecular formula is C14H21BN2O4S. The van der Waals surface area contributed by atoms with Crippen molar-refractivity contribution in [2.45, 2.75) is 38.0 Å². The molecule has 1 aromatic rings. The van der Waals surface area contributed by atoms with E-state index in [0.717, 1.165) is 9.87 Å². The van der Waals surface area contributed by atoms with E-state index < -0.39 is 22.0 Å². The van der Waals surface area contributed by atoms with Gasteiger partial charge in [-0.05, 0) is 25.0 Å². The monoisotopic (exact) mass is 324 g/mol. The van der Waals surface area contributed by atoms with Gasteiger partial charge in [-0.25, -0.2) is 13.9 Å². The summed E-state index contributed by atoms with van der Waals surface area (Å²) in [6.07, 6.45) is 0.0625. The van der Waals surface area contributed by atoms with Crippen LogP contribution in [0.2, 0.25) is 6.32 Å². The summed E-state index contributed by atoms with van der Waals surface area (Å²) < 4.78 is 26.7. The smallest absolute Gasteiger partial charge is 0.262 e. The molecule has 0 heterocycles. The molecule has 6 nitrogen and oxygen atoms in total. The Labute approximate surface area is 132 Å². The molecule has 0 saturated heterocycles. The molecule has 0 spiro atoms. The summed E-state index contributed by atoms with van der Waals surface area (Å²) >= 11 is 0. The van der Waals surface area contributed by atoms with Crippen LogP contribution in [0.1, 0.15) is 19.4 Å². The zero-order valence-electron chi connectivity index (χ0n) is 13.0. The summed E-state index contributed by atoms with van der Waals surface area (Å²) in [5.41, 5.74) is 2.46. The predicted octanol–water partition coefficient (Wildman–Crippen LogP) is 1.10. The lowest BCUT2D eigenvalue weighted by Crippen LogP contribution is -2.51. The van der Waals surface area contributed by atoms with Gasteiger partial charge in [0.2, 0.25) is 10.0 Å². The third kappa shape index (κ3) is 4.09. The van der Waals surface area contributed by atoms with Gasteiger partial charge in [-0.1, -0.05) is 37.9 Å². The Hall–Kier alpha value is -1.38. The molecule has 0 bridgehead atoms. The van der Waals surface area contributed by atoms with Gasteiger partial charge in [-0.2, -0.15) is 4.31 Å². The number of carbonyl (C=O) groups is 1. The summed E-state index contributed by atoms with van der Waals surface area (Å²) in [6.45, 7) is 5.23.